The number of hydrogen-bond acceptors (Lipinski definition) is 3. The van der Waals surface area contributed by atoms with Crippen LogP contribution in [0, 0.1) is 0 Å². The van der Waals surface area contributed by atoms with E-state index in [2.05, 4.69) is 0 Å². The van der Waals surface area contributed by atoms with Crippen molar-refractivity contribution < 1.29 is 13.2 Å². The number of carbonyl (C=O) groups is 1. The second-order valence-electron chi connectivity index (χ2n) is 5.23. The van der Waals surface area contributed by atoms with E-state index >= 15 is 0 Å². The molecule has 5 nitrogen and oxygen atoms in total. The number of halogens is 1. The second kappa shape index (κ2) is 7.44. The van der Waals surface area contributed by atoms with Crippen molar-refractivity contribution in [3.05, 3.63) is 28.8 Å². The maximum Gasteiger partial charge on any atom is 0.255 e. The van der Waals surface area contributed by atoms with Crippen LogP contribution in [-0.2, 0) is 10.0 Å². The Balaban J connectivity index is 3.34. The first-order chi connectivity index (χ1) is 10.2. The van der Waals surface area contributed by atoms with Crippen LogP contribution in [0.5, 0.6) is 0 Å². The Morgan fingerprint density at radius 2 is 1.77 bits per heavy atom. The summed E-state index contributed by atoms with van der Waals surface area (Å²) in [5.74, 6) is -0.265. The topological polar surface area (TPSA) is 57.7 Å². The molecule has 22 heavy (non-hydrogen) atoms. The fourth-order valence-electron chi connectivity index (χ4n) is 1.95. The van der Waals surface area contributed by atoms with Gasteiger partial charge in [-0.25, -0.2) is 8.42 Å². The number of hydrogen-bond donors (Lipinski definition) is 0. The van der Waals surface area contributed by atoms with Crippen LogP contribution < -0.4 is 0 Å². The van der Waals surface area contributed by atoms with Crippen molar-refractivity contribution in [3.8, 4) is 0 Å². The van der Waals surface area contributed by atoms with Crippen LogP contribution in [0.4, 0.5) is 0 Å². The van der Waals surface area contributed by atoms with E-state index in [9.17, 15) is 13.2 Å². The van der Waals surface area contributed by atoms with E-state index in [1.807, 2.05) is 13.8 Å². The van der Waals surface area contributed by atoms with Gasteiger partial charge in [0.25, 0.3) is 5.91 Å². The van der Waals surface area contributed by atoms with Gasteiger partial charge in [0.05, 0.1) is 15.5 Å². The lowest BCUT2D eigenvalue weighted by molar-refractivity contribution is 0.0773. The third-order valence-electron chi connectivity index (χ3n) is 3.62. The second-order valence-corrected chi connectivity index (χ2v) is 7.64. The first-order valence-corrected chi connectivity index (χ1v) is 9.05. The van der Waals surface area contributed by atoms with Crippen LogP contribution >= 0.6 is 11.6 Å². The lowest BCUT2D eigenvalue weighted by Crippen LogP contribution is -2.34. The van der Waals surface area contributed by atoms with Gasteiger partial charge < -0.3 is 4.90 Å². The average molecular weight is 347 g/mol. The lowest BCUT2D eigenvalue weighted by Gasteiger charge is -2.22. The van der Waals surface area contributed by atoms with Crippen molar-refractivity contribution in [2.24, 2.45) is 0 Å². The summed E-state index contributed by atoms with van der Waals surface area (Å²) in [4.78, 5) is 14.1. The predicted molar refractivity (Wildman–Crippen MR) is 88.8 cm³/mol. The molecule has 0 spiro atoms. The Hall–Kier alpha value is -1.11. The SMILES string of the molecule is CCN(CC)C(=O)c1cc(S(=O)(=O)N(C)C(C)C)ccc1Cl. The molecule has 0 unspecified atom stereocenters. The van der Waals surface area contributed by atoms with Crippen molar-refractivity contribution in [2.45, 2.75) is 38.6 Å². The van der Waals surface area contributed by atoms with Crippen molar-refractivity contribution in [2.75, 3.05) is 20.1 Å². The standard InChI is InChI=1S/C15H23ClN2O3S/c1-6-18(7-2)15(19)13-10-12(8-9-14(13)16)22(20,21)17(5)11(3)4/h8-11H,6-7H2,1-5H3. The normalized spacial score (nSPS) is 12.0. The van der Waals surface area contributed by atoms with Crippen LogP contribution in [0.25, 0.3) is 0 Å². The Morgan fingerprint density at radius 1 is 1.23 bits per heavy atom. The minimum atomic E-state index is -3.65. The highest BCUT2D eigenvalue weighted by molar-refractivity contribution is 7.89. The summed E-state index contributed by atoms with van der Waals surface area (Å²) in [7, 11) is -2.13. The molecule has 0 radical (unpaired) electrons. The number of nitrogens with zero attached hydrogens (tertiary/aromatic N) is 2. The molecule has 0 saturated heterocycles. The largest absolute Gasteiger partial charge is 0.339 e. The third kappa shape index (κ3) is 3.80. The zero-order valence-corrected chi connectivity index (χ0v) is 15.2. The smallest absolute Gasteiger partial charge is 0.255 e. The van der Waals surface area contributed by atoms with Crippen molar-refractivity contribution in [1.29, 1.82) is 0 Å². The monoisotopic (exact) mass is 346 g/mol. The summed E-state index contributed by atoms with van der Waals surface area (Å²) in [6, 6.07) is 4.06. The molecule has 0 bridgehead atoms. The molecule has 124 valence electrons. The van der Waals surface area contributed by atoms with Gasteiger partial charge in [-0.1, -0.05) is 11.6 Å². The fraction of sp³-hybridized carbons (Fsp3) is 0.533. The number of benzene rings is 1. The average Bonchev–Trinajstić information content (AvgIpc) is 2.47. The molecule has 0 fully saturated rings. The molecule has 0 heterocycles. The first-order valence-electron chi connectivity index (χ1n) is 7.23. The van der Waals surface area contributed by atoms with E-state index in [0.717, 1.165) is 0 Å². The maximum atomic E-state index is 12.5. The van der Waals surface area contributed by atoms with Crippen molar-refractivity contribution >= 4 is 27.5 Å². The highest BCUT2D eigenvalue weighted by atomic mass is 35.5. The molecule has 1 aromatic rings. The molecule has 0 aromatic heterocycles. The molecule has 0 aliphatic carbocycles. The molecule has 0 aliphatic heterocycles. The zero-order chi connectivity index (χ0) is 17.1. The summed E-state index contributed by atoms with van der Waals surface area (Å²) < 4.78 is 26.3. The molecule has 1 aromatic carbocycles. The van der Waals surface area contributed by atoms with Gasteiger partial charge in [-0.2, -0.15) is 4.31 Å². The molecule has 0 saturated carbocycles. The highest BCUT2D eigenvalue weighted by Crippen LogP contribution is 2.24. The first kappa shape index (κ1) is 18.9. The van der Waals surface area contributed by atoms with Crippen LogP contribution in [-0.4, -0.2) is 49.7 Å². The van der Waals surface area contributed by atoms with Gasteiger partial charge in [0, 0.05) is 26.2 Å². The lowest BCUT2D eigenvalue weighted by atomic mass is 10.2. The van der Waals surface area contributed by atoms with Gasteiger partial charge in [-0.05, 0) is 45.9 Å². The Morgan fingerprint density at radius 3 is 2.23 bits per heavy atom. The van der Waals surface area contributed by atoms with Gasteiger partial charge >= 0.3 is 0 Å². The summed E-state index contributed by atoms with van der Waals surface area (Å²) in [5.41, 5.74) is 0.212. The predicted octanol–water partition coefficient (Wildman–Crippen LogP) is 2.85. The fourth-order valence-corrected chi connectivity index (χ4v) is 3.55. The summed E-state index contributed by atoms with van der Waals surface area (Å²) in [5, 5.41) is 0.253. The van der Waals surface area contributed by atoms with Crippen LogP contribution in [0.3, 0.4) is 0 Å². The summed E-state index contributed by atoms with van der Waals surface area (Å²) in [6.07, 6.45) is 0. The Labute approximate surface area is 137 Å². The Kier molecular flexibility index (Phi) is 6.40. The van der Waals surface area contributed by atoms with Crippen molar-refractivity contribution in [3.63, 3.8) is 0 Å². The van der Waals surface area contributed by atoms with E-state index in [-0.39, 0.29) is 27.4 Å². The number of carbonyl (C=O) groups excluding carboxylic acids is 1. The third-order valence-corrected chi connectivity index (χ3v) is 5.98. The van der Waals surface area contributed by atoms with E-state index in [1.54, 1.807) is 18.7 Å². The van der Waals surface area contributed by atoms with E-state index in [0.29, 0.717) is 13.1 Å². The summed E-state index contributed by atoms with van der Waals surface area (Å²) in [6.45, 7) is 8.37. The van der Waals surface area contributed by atoms with Gasteiger partial charge in [0.1, 0.15) is 0 Å². The van der Waals surface area contributed by atoms with E-state index < -0.39 is 10.0 Å². The van der Waals surface area contributed by atoms with Gasteiger partial charge in [0.15, 0.2) is 0 Å². The number of sulfonamides is 1. The van der Waals surface area contributed by atoms with Crippen molar-refractivity contribution in [1.82, 2.24) is 9.21 Å². The van der Waals surface area contributed by atoms with E-state index in [4.69, 9.17) is 11.6 Å². The molecular formula is C15H23ClN2O3S. The molecule has 0 N–H and O–H groups in total. The van der Waals surface area contributed by atoms with Gasteiger partial charge in [-0.15, -0.1) is 0 Å². The number of rotatable bonds is 6. The summed E-state index contributed by atoms with van der Waals surface area (Å²) >= 11 is 6.09. The minimum Gasteiger partial charge on any atom is -0.339 e. The zero-order valence-electron chi connectivity index (χ0n) is 13.6. The van der Waals surface area contributed by atoms with Crippen LogP contribution in [0.15, 0.2) is 23.1 Å². The Bertz CT molecular complexity index is 640. The highest BCUT2D eigenvalue weighted by Gasteiger charge is 2.25. The van der Waals surface area contributed by atoms with E-state index in [1.165, 1.54) is 29.6 Å². The molecule has 0 atom stereocenters. The van der Waals surface area contributed by atoms with Gasteiger partial charge in [-0.3, -0.25) is 4.79 Å². The molecule has 1 amide bonds. The maximum absolute atomic E-state index is 12.5. The quantitative estimate of drug-likeness (QED) is 0.795. The molecule has 0 aliphatic rings. The van der Waals surface area contributed by atoms with Crippen LogP contribution in [0.2, 0.25) is 5.02 Å². The molecular weight excluding hydrogens is 324 g/mol. The molecule has 1 rings (SSSR count). The number of amides is 1. The molecule has 7 heteroatoms. The minimum absolute atomic E-state index is 0.0728. The van der Waals surface area contributed by atoms with Gasteiger partial charge in [0.2, 0.25) is 10.0 Å². The van der Waals surface area contributed by atoms with Crippen LogP contribution in [0.1, 0.15) is 38.1 Å².